The Morgan fingerprint density at radius 2 is 1.53 bits per heavy atom. The van der Waals surface area contributed by atoms with Crippen molar-refractivity contribution in [1.82, 2.24) is 0 Å². The van der Waals surface area contributed by atoms with Crippen LogP contribution in [0, 0.1) is 26.0 Å². The van der Waals surface area contributed by atoms with Crippen LogP contribution in [0.3, 0.4) is 0 Å². The van der Waals surface area contributed by atoms with E-state index in [0.29, 0.717) is 5.56 Å². The Labute approximate surface area is 139 Å². The molecule has 3 nitrogen and oxygen atoms in total. The molecular weight excluding hydrogens is 337 g/mol. The molecule has 2 aromatic carbocycles. The second-order valence-corrected chi connectivity index (χ2v) is 5.13. The number of aryl methyl sites for hydroxylation is 2. The van der Waals surface area contributed by atoms with Crippen LogP contribution in [-0.4, -0.2) is 13.0 Å². The first-order valence-electron chi connectivity index (χ1n) is 5.28. The number of hydrogen-bond acceptors (Lipinski definition) is 2. The van der Waals surface area contributed by atoms with E-state index in [1.54, 1.807) is 19.1 Å². The zero-order valence-electron chi connectivity index (χ0n) is 10.8. The van der Waals surface area contributed by atoms with Crippen molar-refractivity contribution < 1.29 is 45.7 Å². The molecule has 2 aromatic rings. The molecule has 0 heterocycles. The molecule has 0 unspecified atom stereocenters. The van der Waals surface area contributed by atoms with E-state index in [2.05, 4.69) is 19.1 Å². The van der Waals surface area contributed by atoms with E-state index in [4.69, 9.17) is 4.55 Å². The van der Waals surface area contributed by atoms with E-state index in [-0.39, 0.29) is 37.6 Å². The summed E-state index contributed by atoms with van der Waals surface area (Å²) < 4.78 is 29.8. The molecule has 99 valence electrons. The van der Waals surface area contributed by atoms with Gasteiger partial charge < -0.3 is 0 Å². The molecule has 0 aliphatic carbocycles. The summed E-state index contributed by atoms with van der Waals surface area (Å²) in [5, 5.41) is 0. The van der Waals surface area contributed by atoms with Crippen molar-refractivity contribution in [3.05, 3.63) is 65.7 Å². The van der Waals surface area contributed by atoms with Crippen LogP contribution in [-0.2, 0) is 42.8 Å². The molecule has 0 amide bonds. The average molecular weight is 351 g/mol. The summed E-state index contributed by atoms with van der Waals surface area (Å²) in [5.41, 5.74) is 1.81. The first kappa shape index (κ1) is 18.5. The van der Waals surface area contributed by atoms with Gasteiger partial charge in [-0.15, -0.1) is 5.56 Å². The van der Waals surface area contributed by atoms with Crippen LogP contribution in [0.4, 0.5) is 0 Å². The molecule has 19 heavy (non-hydrogen) atoms. The van der Waals surface area contributed by atoms with Gasteiger partial charge in [-0.1, -0.05) is 13.8 Å². The molecule has 0 fully saturated rings. The summed E-state index contributed by atoms with van der Waals surface area (Å²) in [6.45, 7) is 3.67. The van der Waals surface area contributed by atoms with Crippen LogP contribution in [0.1, 0.15) is 11.1 Å². The first-order valence-corrected chi connectivity index (χ1v) is 6.72. The van der Waals surface area contributed by atoms with Gasteiger partial charge in [-0.3, -0.25) is 4.55 Å². The minimum atomic E-state index is -4.06. The minimum Gasteiger partial charge on any atom is -0.291 e. The fourth-order valence-electron chi connectivity index (χ4n) is 1.24. The van der Waals surface area contributed by atoms with Gasteiger partial charge in [-0.25, -0.2) is 8.42 Å². The van der Waals surface area contributed by atoms with Crippen LogP contribution in [0.2, 0.25) is 0 Å². The minimum absolute atomic E-state index is 0. The molecule has 5 heteroatoms. The molecule has 0 saturated heterocycles. The van der Waals surface area contributed by atoms with E-state index in [0.717, 1.165) is 0 Å². The number of rotatable bonds is 1. The van der Waals surface area contributed by atoms with Crippen LogP contribution >= 0.6 is 0 Å². The standard InChI is InChI=1S/C7H7O3S.C7H7.Y/c1-6-4-2-3-5-7(6)11(8,9)10;1-7-5-3-2-4-6-7;/h2,4-5H,1H3,(H,8,9,10);3-6H,1H3;/q2*-1;. The van der Waals surface area contributed by atoms with Gasteiger partial charge in [0.25, 0.3) is 0 Å². The first-order chi connectivity index (χ1) is 8.41. The third-order valence-corrected chi connectivity index (χ3v) is 3.19. The van der Waals surface area contributed by atoms with Crippen molar-refractivity contribution >= 4 is 10.1 Å². The van der Waals surface area contributed by atoms with Gasteiger partial charge in [0.15, 0.2) is 0 Å². The van der Waals surface area contributed by atoms with Gasteiger partial charge in [0, 0.05) is 32.7 Å². The number of benzene rings is 2. The van der Waals surface area contributed by atoms with Gasteiger partial charge in [0.1, 0.15) is 0 Å². The molecule has 0 atom stereocenters. The van der Waals surface area contributed by atoms with E-state index in [1.807, 2.05) is 24.3 Å². The molecular formula is C14H14O3SY-2. The van der Waals surface area contributed by atoms with Crippen LogP contribution in [0.25, 0.3) is 0 Å². The third-order valence-electron chi connectivity index (χ3n) is 2.20. The van der Waals surface area contributed by atoms with E-state index >= 15 is 0 Å². The summed E-state index contributed by atoms with van der Waals surface area (Å²) in [5.74, 6) is 0. The molecule has 0 aromatic heterocycles. The molecule has 1 N–H and O–H groups in total. The fourth-order valence-corrected chi connectivity index (χ4v) is 1.93. The Morgan fingerprint density at radius 1 is 1.00 bits per heavy atom. The molecule has 0 aliphatic heterocycles. The Bertz CT molecular complexity index is 595. The molecule has 0 aliphatic rings. The summed E-state index contributed by atoms with van der Waals surface area (Å²) >= 11 is 0. The zero-order valence-corrected chi connectivity index (χ0v) is 14.4. The molecule has 0 bridgehead atoms. The van der Waals surface area contributed by atoms with Crippen LogP contribution < -0.4 is 0 Å². The van der Waals surface area contributed by atoms with Crippen LogP contribution in [0.5, 0.6) is 0 Å². The van der Waals surface area contributed by atoms with Gasteiger partial charge in [0.05, 0.1) is 0 Å². The average Bonchev–Trinajstić information content (AvgIpc) is 2.30. The van der Waals surface area contributed by atoms with E-state index in [9.17, 15) is 8.42 Å². The SMILES string of the molecule is Cc1cc[c-]cc1.Cc1cc[c-]cc1S(=O)(=O)O.[Y]. The van der Waals surface area contributed by atoms with Gasteiger partial charge >= 0.3 is 0 Å². The fraction of sp³-hybridized carbons (Fsp3) is 0.143. The topological polar surface area (TPSA) is 54.4 Å². The van der Waals surface area contributed by atoms with Crippen LogP contribution in [0.15, 0.2) is 47.4 Å². The smallest absolute Gasteiger partial charge is 0.247 e. The van der Waals surface area contributed by atoms with Crippen molar-refractivity contribution in [2.24, 2.45) is 0 Å². The molecule has 1 radical (unpaired) electrons. The quantitative estimate of drug-likeness (QED) is 0.635. The molecule has 2 rings (SSSR count). The maximum atomic E-state index is 10.6. The van der Waals surface area contributed by atoms with Crippen molar-refractivity contribution in [1.29, 1.82) is 0 Å². The summed E-state index contributed by atoms with van der Waals surface area (Å²) in [6.07, 6.45) is 0. The number of hydrogen-bond donors (Lipinski definition) is 1. The van der Waals surface area contributed by atoms with Gasteiger partial charge in [-0.2, -0.15) is 60.2 Å². The van der Waals surface area contributed by atoms with Crippen molar-refractivity contribution in [2.45, 2.75) is 18.7 Å². The summed E-state index contributed by atoms with van der Waals surface area (Å²) in [6, 6.07) is 17.8. The van der Waals surface area contributed by atoms with Crippen molar-refractivity contribution in [2.75, 3.05) is 0 Å². The van der Waals surface area contributed by atoms with Gasteiger partial charge in [-0.05, 0) is 4.90 Å². The molecule has 0 spiro atoms. The monoisotopic (exact) mass is 351 g/mol. The second-order valence-electron chi connectivity index (χ2n) is 3.74. The predicted octanol–water partition coefficient (Wildman–Crippen LogP) is 2.83. The Balaban J connectivity index is 0.000000352. The Kier molecular flexibility index (Phi) is 8.34. The third kappa shape index (κ3) is 6.97. The summed E-state index contributed by atoms with van der Waals surface area (Å²) in [4.78, 5) is -0.0833. The van der Waals surface area contributed by atoms with E-state index < -0.39 is 10.1 Å². The predicted molar refractivity (Wildman–Crippen MR) is 69.8 cm³/mol. The van der Waals surface area contributed by atoms with Gasteiger partial charge in [0.2, 0.25) is 10.1 Å². The maximum absolute atomic E-state index is 10.6. The zero-order chi connectivity index (χ0) is 13.6. The van der Waals surface area contributed by atoms with Crippen molar-refractivity contribution in [3.8, 4) is 0 Å². The molecule has 0 saturated carbocycles. The summed E-state index contributed by atoms with van der Waals surface area (Å²) in [7, 11) is -4.06. The maximum Gasteiger partial charge on any atom is 0.247 e. The Morgan fingerprint density at radius 3 is 1.84 bits per heavy atom. The largest absolute Gasteiger partial charge is 0.291 e. The Hall–Kier alpha value is -0.546. The van der Waals surface area contributed by atoms with E-state index in [1.165, 1.54) is 11.6 Å². The second kappa shape index (κ2) is 8.59. The van der Waals surface area contributed by atoms with Crippen molar-refractivity contribution in [3.63, 3.8) is 0 Å². The normalized spacial score (nSPS) is 9.84.